The van der Waals surface area contributed by atoms with Crippen molar-refractivity contribution in [1.29, 1.82) is 10.5 Å². The highest BCUT2D eigenvalue weighted by Gasteiger charge is 2.21. The zero-order valence-electron chi connectivity index (χ0n) is 9.47. The van der Waals surface area contributed by atoms with Crippen LogP contribution in [0, 0.1) is 22.7 Å². The van der Waals surface area contributed by atoms with Gasteiger partial charge in [-0.2, -0.15) is 10.5 Å². The summed E-state index contributed by atoms with van der Waals surface area (Å²) in [6.07, 6.45) is 0. The molecule has 0 aromatic heterocycles. The van der Waals surface area contributed by atoms with Crippen LogP contribution in [0.15, 0.2) is 24.3 Å². The normalized spacial score (nSPS) is 18.0. The van der Waals surface area contributed by atoms with E-state index in [-0.39, 0.29) is 6.04 Å². The summed E-state index contributed by atoms with van der Waals surface area (Å²) in [5, 5.41) is 18.0. The van der Waals surface area contributed by atoms with E-state index in [9.17, 15) is 5.26 Å². The van der Waals surface area contributed by atoms with Crippen LogP contribution in [0.1, 0.15) is 17.2 Å². The van der Waals surface area contributed by atoms with Gasteiger partial charge in [0, 0.05) is 13.1 Å². The van der Waals surface area contributed by atoms with Crippen LogP contribution in [0.5, 0.6) is 0 Å². The van der Waals surface area contributed by atoms with Crippen LogP contribution in [0.4, 0.5) is 0 Å². The molecule has 0 N–H and O–H groups in total. The van der Waals surface area contributed by atoms with E-state index in [0.29, 0.717) is 18.8 Å². The summed E-state index contributed by atoms with van der Waals surface area (Å²) in [6, 6.07) is 11.3. The number of nitrogens with zero attached hydrogens (tertiary/aromatic N) is 3. The van der Waals surface area contributed by atoms with Gasteiger partial charge in [0.2, 0.25) is 0 Å². The molecule has 0 aliphatic carbocycles. The van der Waals surface area contributed by atoms with Crippen molar-refractivity contribution in [3.05, 3.63) is 35.4 Å². The lowest BCUT2D eigenvalue weighted by Gasteiger charge is -2.30. The molecule has 1 fully saturated rings. The molecule has 0 radical (unpaired) electrons. The van der Waals surface area contributed by atoms with Crippen molar-refractivity contribution < 1.29 is 4.74 Å². The quantitative estimate of drug-likeness (QED) is 0.767. The highest BCUT2D eigenvalue weighted by atomic mass is 16.5. The zero-order valence-corrected chi connectivity index (χ0v) is 9.47. The number of benzene rings is 1. The fraction of sp³-hybridized carbons (Fsp3) is 0.385. The molecule has 0 bridgehead atoms. The number of morpholine rings is 1. The van der Waals surface area contributed by atoms with Crippen LogP contribution < -0.4 is 0 Å². The Hall–Kier alpha value is -1.88. The molecule has 0 amide bonds. The van der Waals surface area contributed by atoms with Crippen LogP contribution in [0.3, 0.4) is 0 Å². The van der Waals surface area contributed by atoms with E-state index in [1.165, 1.54) is 0 Å². The Morgan fingerprint density at radius 2 is 1.76 bits per heavy atom. The minimum absolute atomic E-state index is 0.244. The number of hydrogen-bond acceptors (Lipinski definition) is 4. The van der Waals surface area contributed by atoms with E-state index in [1.54, 1.807) is 12.1 Å². The Bertz CT molecular complexity index is 449. The van der Waals surface area contributed by atoms with Crippen LogP contribution in [-0.4, -0.2) is 31.2 Å². The van der Waals surface area contributed by atoms with Gasteiger partial charge in [-0.25, -0.2) is 0 Å². The monoisotopic (exact) mass is 227 g/mol. The van der Waals surface area contributed by atoms with Crippen molar-refractivity contribution in [3.63, 3.8) is 0 Å². The van der Waals surface area contributed by atoms with Gasteiger partial charge in [-0.15, -0.1) is 0 Å². The molecule has 1 aromatic carbocycles. The number of nitriles is 2. The van der Waals surface area contributed by atoms with Crippen molar-refractivity contribution in [1.82, 2.24) is 4.90 Å². The fourth-order valence-corrected chi connectivity index (χ4v) is 1.94. The van der Waals surface area contributed by atoms with Gasteiger partial charge in [0.15, 0.2) is 0 Å². The van der Waals surface area contributed by atoms with E-state index < -0.39 is 0 Å². The van der Waals surface area contributed by atoms with Gasteiger partial charge in [-0.1, -0.05) is 12.1 Å². The van der Waals surface area contributed by atoms with Crippen LogP contribution in [0.2, 0.25) is 0 Å². The van der Waals surface area contributed by atoms with Crippen LogP contribution in [0.25, 0.3) is 0 Å². The fourth-order valence-electron chi connectivity index (χ4n) is 1.94. The van der Waals surface area contributed by atoms with E-state index in [0.717, 1.165) is 18.7 Å². The lowest BCUT2D eigenvalue weighted by molar-refractivity contribution is 0.0266. The Balaban J connectivity index is 2.17. The largest absolute Gasteiger partial charge is 0.379 e. The number of hydrogen-bond donors (Lipinski definition) is 0. The first-order chi connectivity index (χ1) is 8.35. The lowest BCUT2D eigenvalue weighted by atomic mass is 10.0. The predicted molar refractivity (Wildman–Crippen MR) is 61.9 cm³/mol. The molecule has 0 unspecified atom stereocenters. The average molecular weight is 227 g/mol. The second kappa shape index (κ2) is 5.45. The SMILES string of the molecule is N#Cc1ccc([C@@H](C#N)N2CCOCC2)cc1. The third-order valence-electron chi connectivity index (χ3n) is 2.89. The first-order valence-electron chi connectivity index (χ1n) is 5.56. The molecule has 0 spiro atoms. The van der Waals surface area contributed by atoms with Crippen LogP contribution in [-0.2, 0) is 4.74 Å². The van der Waals surface area contributed by atoms with Gasteiger partial charge in [0.1, 0.15) is 6.04 Å². The summed E-state index contributed by atoms with van der Waals surface area (Å²) in [4.78, 5) is 2.10. The second-order valence-corrected chi connectivity index (χ2v) is 3.91. The standard InChI is InChI=1S/C13H13N3O/c14-9-11-1-3-12(4-2-11)13(10-15)16-5-7-17-8-6-16/h1-4,13H,5-8H2/t13-/m1/s1. The molecule has 17 heavy (non-hydrogen) atoms. The molecule has 2 rings (SSSR count). The Morgan fingerprint density at radius 3 is 2.29 bits per heavy atom. The van der Waals surface area contributed by atoms with Crippen molar-refractivity contribution in [2.75, 3.05) is 26.3 Å². The van der Waals surface area contributed by atoms with Gasteiger partial charge in [0.25, 0.3) is 0 Å². The maximum absolute atomic E-state index is 9.26. The maximum Gasteiger partial charge on any atom is 0.124 e. The van der Waals surface area contributed by atoms with E-state index >= 15 is 0 Å². The molecular formula is C13H13N3O. The third-order valence-corrected chi connectivity index (χ3v) is 2.89. The second-order valence-electron chi connectivity index (χ2n) is 3.91. The molecule has 1 atom stereocenters. The average Bonchev–Trinajstić information content (AvgIpc) is 2.42. The minimum atomic E-state index is -0.244. The topological polar surface area (TPSA) is 60.0 Å². The summed E-state index contributed by atoms with van der Waals surface area (Å²) >= 11 is 0. The summed E-state index contributed by atoms with van der Waals surface area (Å²) in [6.45, 7) is 2.90. The zero-order chi connectivity index (χ0) is 12.1. The first-order valence-corrected chi connectivity index (χ1v) is 5.56. The number of ether oxygens (including phenoxy) is 1. The summed E-state index contributed by atoms with van der Waals surface area (Å²) in [5.41, 5.74) is 1.56. The van der Waals surface area contributed by atoms with Crippen molar-refractivity contribution in [2.45, 2.75) is 6.04 Å². The Labute approximate surface area is 101 Å². The maximum atomic E-state index is 9.26. The molecule has 1 saturated heterocycles. The molecule has 1 aliphatic heterocycles. The molecule has 4 nitrogen and oxygen atoms in total. The van der Waals surface area contributed by atoms with Crippen molar-refractivity contribution in [2.24, 2.45) is 0 Å². The lowest BCUT2D eigenvalue weighted by Crippen LogP contribution is -2.38. The molecular weight excluding hydrogens is 214 g/mol. The van der Waals surface area contributed by atoms with Gasteiger partial charge in [-0.3, -0.25) is 4.90 Å². The van der Waals surface area contributed by atoms with Gasteiger partial charge in [0.05, 0.1) is 30.9 Å². The van der Waals surface area contributed by atoms with Gasteiger partial charge >= 0.3 is 0 Å². The predicted octanol–water partition coefficient (Wildman–Crippen LogP) is 1.46. The smallest absolute Gasteiger partial charge is 0.124 e. The Kier molecular flexibility index (Phi) is 3.72. The van der Waals surface area contributed by atoms with Crippen molar-refractivity contribution >= 4 is 0 Å². The molecule has 1 aromatic rings. The van der Waals surface area contributed by atoms with E-state index in [1.807, 2.05) is 12.1 Å². The van der Waals surface area contributed by atoms with E-state index in [4.69, 9.17) is 10.00 Å². The molecule has 86 valence electrons. The minimum Gasteiger partial charge on any atom is -0.379 e. The molecule has 1 aliphatic rings. The van der Waals surface area contributed by atoms with Gasteiger partial charge in [-0.05, 0) is 17.7 Å². The van der Waals surface area contributed by atoms with Gasteiger partial charge < -0.3 is 4.74 Å². The summed E-state index contributed by atoms with van der Waals surface area (Å²) in [5.74, 6) is 0. The highest BCUT2D eigenvalue weighted by molar-refractivity contribution is 5.34. The summed E-state index contributed by atoms with van der Waals surface area (Å²) < 4.78 is 5.27. The molecule has 1 heterocycles. The summed E-state index contributed by atoms with van der Waals surface area (Å²) in [7, 11) is 0. The first kappa shape index (κ1) is 11.6. The molecule has 4 heteroatoms. The third kappa shape index (κ3) is 2.62. The highest BCUT2D eigenvalue weighted by Crippen LogP contribution is 2.21. The van der Waals surface area contributed by atoms with Crippen LogP contribution >= 0.6 is 0 Å². The van der Waals surface area contributed by atoms with E-state index in [2.05, 4.69) is 17.0 Å². The number of rotatable bonds is 2. The Morgan fingerprint density at radius 1 is 1.12 bits per heavy atom. The van der Waals surface area contributed by atoms with Crippen molar-refractivity contribution in [3.8, 4) is 12.1 Å². The molecule has 0 saturated carbocycles.